The maximum atomic E-state index is 13.8. The van der Waals surface area contributed by atoms with E-state index in [2.05, 4.69) is 38.6 Å². The summed E-state index contributed by atoms with van der Waals surface area (Å²) in [6, 6.07) is 13.6. The Labute approximate surface area is 257 Å². The van der Waals surface area contributed by atoms with Crippen molar-refractivity contribution in [2.75, 3.05) is 49.6 Å². The summed E-state index contributed by atoms with van der Waals surface area (Å²) in [5.41, 5.74) is 8.19. The van der Waals surface area contributed by atoms with Crippen LogP contribution in [0.5, 0.6) is 0 Å². The Morgan fingerprint density at radius 2 is 1.73 bits per heavy atom. The van der Waals surface area contributed by atoms with Crippen LogP contribution in [0, 0.1) is 0 Å². The van der Waals surface area contributed by atoms with Crippen molar-refractivity contribution in [3.63, 3.8) is 0 Å². The third kappa shape index (κ3) is 5.11. The van der Waals surface area contributed by atoms with Crippen LogP contribution in [0.4, 0.5) is 11.4 Å². The first-order chi connectivity index (χ1) is 21.4. The minimum Gasteiger partial charge on any atom is -0.392 e. The molecule has 1 N–H and O–H groups in total. The quantitative estimate of drug-likeness (QED) is 0.367. The van der Waals surface area contributed by atoms with Crippen molar-refractivity contribution in [3.05, 3.63) is 92.8 Å². The van der Waals surface area contributed by atoms with Crippen LogP contribution >= 0.6 is 0 Å². The van der Waals surface area contributed by atoms with E-state index in [9.17, 15) is 14.7 Å². The summed E-state index contributed by atoms with van der Waals surface area (Å²) >= 11 is 0. The fourth-order valence-electron chi connectivity index (χ4n) is 7.00. The maximum Gasteiger partial charge on any atom is 0.274 e. The van der Waals surface area contributed by atoms with Gasteiger partial charge in [-0.3, -0.25) is 14.6 Å². The van der Waals surface area contributed by atoms with Crippen molar-refractivity contribution >= 4 is 17.3 Å². The Bertz CT molecular complexity index is 1770. The highest BCUT2D eigenvalue weighted by Gasteiger charge is 2.31. The average Bonchev–Trinajstić information content (AvgIpc) is 3.43. The van der Waals surface area contributed by atoms with Gasteiger partial charge in [0.15, 0.2) is 0 Å². The van der Waals surface area contributed by atoms with Crippen LogP contribution in [0.2, 0.25) is 0 Å². The van der Waals surface area contributed by atoms with E-state index in [0.29, 0.717) is 41.0 Å². The van der Waals surface area contributed by atoms with Gasteiger partial charge in [0.1, 0.15) is 5.69 Å². The van der Waals surface area contributed by atoms with Gasteiger partial charge in [-0.1, -0.05) is 12.1 Å². The van der Waals surface area contributed by atoms with Gasteiger partial charge in [-0.15, -0.1) is 0 Å². The molecule has 0 saturated carbocycles. The number of anilines is 2. The molecule has 1 saturated heterocycles. The lowest BCUT2D eigenvalue weighted by Crippen LogP contribution is -2.44. The molecule has 1 amide bonds. The molecule has 0 bridgehead atoms. The van der Waals surface area contributed by atoms with E-state index in [1.54, 1.807) is 18.0 Å². The Morgan fingerprint density at radius 1 is 0.909 bits per heavy atom. The second kappa shape index (κ2) is 11.7. The zero-order valence-electron chi connectivity index (χ0n) is 25.5. The van der Waals surface area contributed by atoms with Crippen molar-refractivity contribution in [1.82, 2.24) is 24.2 Å². The van der Waals surface area contributed by atoms with E-state index in [-0.39, 0.29) is 18.1 Å². The van der Waals surface area contributed by atoms with Gasteiger partial charge in [0.25, 0.3) is 11.5 Å². The van der Waals surface area contributed by atoms with E-state index in [1.165, 1.54) is 15.9 Å². The van der Waals surface area contributed by atoms with Crippen LogP contribution in [0.1, 0.15) is 51.4 Å². The molecule has 10 nitrogen and oxygen atoms in total. The lowest BCUT2D eigenvalue weighted by molar-refractivity contribution is 0.0964. The zero-order chi connectivity index (χ0) is 30.4. The number of piperazine rings is 1. The molecule has 7 rings (SSSR count). The summed E-state index contributed by atoms with van der Waals surface area (Å²) in [5.74, 6) is -0.0438. The average molecular weight is 594 g/mol. The molecule has 3 aliphatic rings. The van der Waals surface area contributed by atoms with Gasteiger partial charge < -0.3 is 24.4 Å². The molecule has 5 heterocycles. The minimum atomic E-state index is -0.262. The second-order valence-electron chi connectivity index (χ2n) is 12.2. The van der Waals surface area contributed by atoms with Crippen LogP contribution in [-0.4, -0.2) is 75.0 Å². The van der Waals surface area contributed by atoms with Gasteiger partial charge in [0.05, 0.1) is 29.9 Å². The van der Waals surface area contributed by atoms with Gasteiger partial charge in [-0.2, -0.15) is 5.10 Å². The van der Waals surface area contributed by atoms with Crippen LogP contribution in [0.25, 0.3) is 11.3 Å². The number of aliphatic hydroxyl groups is 1. The summed E-state index contributed by atoms with van der Waals surface area (Å²) < 4.78 is 3.54. The molecule has 228 valence electrons. The number of benzene rings is 1. The van der Waals surface area contributed by atoms with E-state index in [0.717, 1.165) is 75.5 Å². The molecule has 0 unspecified atom stereocenters. The van der Waals surface area contributed by atoms with Crippen molar-refractivity contribution in [3.8, 4) is 11.3 Å². The van der Waals surface area contributed by atoms with E-state index < -0.39 is 0 Å². The number of hydrogen-bond donors (Lipinski definition) is 1. The molecule has 3 aromatic heterocycles. The van der Waals surface area contributed by atoms with Crippen LogP contribution < -0.4 is 15.4 Å². The van der Waals surface area contributed by atoms with E-state index in [1.807, 2.05) is 30.5 Å². The molecular weight excluding hydrogens is 554 g/mol. The van der Waals surface area contributed by atoms with E-state index >= 15 is 0 Å². The Morgan fingerprint density at radius 3 is 2.50 bits per heavy atom. The Balaban J connectivity index is 1.18. The zero-order valence-corrected chi connectivity index (χ0v) is 25.5. The molecule has 4 aromatic rings. The monoisotopic (exact) mass is 593 g/mol. The number of pyridine rings is 1. The third-order valence-corrected chi connectivity index (χ3v) is 9.48. The highest BCUT2D eigenvalue weighted by molar-refractivity contribution is 6.07. The largest absolute Gasteiger partial charge is 0.392 e. The highest BCUT2D eigenvalue weighted by atomic mass is 16.3. The maximum absolute atomic E-state index is 13.8. The summed E-state index contributed by atoms with van der Waals surface area (Å²) in [6.45, 7) is 4.99. The molecular formula is C34H39N7O3. The predicted octanol–water partition coefficient (Wildman–Crippen LogP) is 3.02. The smallest absolute Gasteiger partial charge is 0.274 e. The topological polar surface area (TPSA) is 99.7 Å². The predicted molar refractivity (Wildman–Crippen MR) is 170 cm³/mol. The summed E-state index contributed by atoms with van der Waals surface area (Å²) in [7, 11) is 3.78. The van der Waals surface area contributed by atoms with Gasteiger partial charge in [0, 0.05) is 80.8 Å². The number of carbonyl (C=O) groups is 1. The Kier molecular flexibility index (Phi) is 7.55. The first-order valence-electron chi connectivity index (χ1n) is 15.6. The number of carbonyl (C=O) groups excluding carboxylic acids is 1. The second-order valence-corrected chi connectivity index (χ2v) is 12.2. The number of fused-ring (bicyclic) bond motifs is 3. The highest BCUT2D eigenvalue weighted by Crippen LogP contribution is 2.35. The fraction of sp³-hybridized carbons (Fsp3) is 0.412. The SMILES string of the molecule is CN1CCN(c2ccc(Cc3cc(-c4cccc(N5CCn6c(cc7c6CCCC7)C5=O)c4CO)nn(C)c3=O)nc2)CC1. The molecule has 2 aliphatic heterocycles. The number of aryl methyl sites for hydroxylation is 2. The molecule has 1 aliphatic carbocycles. The number of nitrogens with zero attached hydrogens (tertiary/aromatic N) is 7. The van der Waals surface area contributed by atoms with Crippen LogP contribution in [0.15, 0.2) is 53.5 Å². The van der Waals surface area contributed by atoms with Gasteiger partial charge in [0.2, 0.25) is 0 Å². The molecule has 1 fully saturated rings. The number of aliphatic hydroxyl groups excluding tert-OH is 1. The van der Waals surface area contributed by atoms with Gasteiger partial charge in [-0.05, 0) is 68.6 Å². The molecule has 10 heteroatoms. The minimum absolute atomic E-state index is 0.0438. The van der Waals surface area contributed by atoms with Crippen LogP contribution in [0.3, 0.4) is 0 Å². The van der Waals surface area contributed by atoms with Gasteiger partial charge >= 0.3 is 0 Å². The summed E-state index contributed by atoms with van der Waals surface area (Å²) in [5, 5.41) is 15.2. The summed E-state index contributed by atoms with van der Waals surface area (Å²) in [4.78, 5) is 38.1. The number of aromatic nitrogens is 4. The summed E-state index contributed by atoms with van der Waals surface area (Å²) in [6.07, 6.45) is 6.64. The van der Waals surface area contributed by atoms with Crippen molar-refractivity contribution < 1.29 is 9.90 Å². The third-order valence-electron chi connectivity index (χ3n) is 9.48. The molecule has 1 aromatic carbocycles. The normalized spacial score (nSPS) is 17.1. The lowest BCUT2D eigenvalue weighted by Gasteiger charge is -2.33. The van der Waals surface area contributed by atoms with E-state index in [4.69, 9.17) is 4.98 Å². The molecule has 0 spiro atoms. The van der Waals surface area contributed by atoms with Crippen molar-refractivity contribution in [2.45, 2.75) is 45.3 Å². The number of hydrogen-bond acceptors (Lipinski definition) is 7. The number of rotatable bonds is 6. The molecule has 0 radical (unpaired) electrons. The Hall–Kier alpha value is -4.28. The number of amides is 1. The lowest BCUT2D eigenvalue weighted by atomic mass is 9.98. The fourth-order valence-corrected chi connectivity index (χ4v) is 7.00. The number of likely N-dealkylation sites (N-methyl/N-ethyl adjacent to an activating group) is 1. The first-order valence-corrected chi connectivity index (χ1v) is 15.6. The van der Waals surface area contributed by atoms with Gasteiger partial charge in [-0.25, -0.2) is 4.68 Å². The van der Waals surface area contributed by atoms with Crippen LogP contribution in [-0.2, 0) is 39.5 Å². The van der Waals surface area contributed by atoms with Crippen molar-refractivity contribution in [1.29, 1.82) is 0 Å². The van der Waals surface area contributed by atoms with Crippen molar-refractivity contribution in [2.24, 2.45) is 7.05 Å². The molecule has 0 atom stereocenters. The standard InChI is InChI=1S/C34H39N7O3/c1-37-12-14-39(15-13-37)26-11-10-25(35-21-26)18-24-19-29(36-38(2)33(24)43)27-7-5-9-31(28(27)22-42)41-17-16-40-30-8-4-3-6-23(30)20-32(40)34(41)44/h5,7,9-11,19-21,42H,3-4,6,8,12-18,22H2,1-2H3. The first kappa shape index (κ1) is 28.5. The molecule has 44 heavy (non-hydrogen) atoms.